The van der Waals surface area contributed by atoms with E-state index in [1.54, 1.807) is 13.8 Å². The van der Waals surface area contributed by atoms with E-state index in [9.17, 15) is 19.7 Å². The first-order chi connectivity index (χ1) is 9.25. The number of benzene rings is 1. The lowest BCUT2D eigenvalue weighted by Crippen LogP contribution is -2.44. The summed E-state index contributed by atoms with van der Waals surface area (Å²) in [7, 11) is 0. The molecule has 108 valence electrons. The largest absolute Gasteiger partial charge is 0.480 e. The number of nitro benzene ring substituents is 1. The molecule has 1 aromatic rings. The van der Waals surface area contributed by atoms with Crippen LogP contribution in [0, 0.1) is 16.0 Å². The SMILES string of the molecule is CC(C)C(NC(=O)c1cccc([N+](=O)[O-])c1Cl)C(=O)O. The average Bonchev–Trinajstić information content (AvgIpc) is 2.34. The molecule has 0 saturated heterocycles. The Morgan fingerprint density at radius 1 is 1.40 bits per heavy atom. The van der Waals surface area contributed by atoms with Crippen LogP contribution >= 0.6 is 11.6 Å². The van der Waals surface area contributed by atoms with E-state index in [4.69, 9.17) is 16.7 Å². The molecule has 0 heterocycles. The number of aliphatic carboxylic acids is 1. The van der Waals surface area contributed by atoms with Crippen LogP contribution in [0.3, 0.4) is 0 Å². The number of carbonyl (C=O) groups is 2. The number of rotatable bonds is 5. The number of carboxylic acids is 1. The fraction of sp³-hybridized carbons (Fsp3) is 0.333. The minimum Gasteiger partial charge on any atom is -0.480 e. The molecule has 20 heavy (non-hydrogen) atoms. The normalized spacial score (nSPS) is 12.0. The first-order valence-electron chi connectivity index (χ1n) is 5.72. The molecular weight excluding hydrogens is 288 g/mol. The Labute approximate surface area is 119 Å². The molecule has 1 aromatic carbocycles. The van der Waals surface area contributed by atoms with Gasteiger partial charge in [-0.1, -0.05) is 31.5 Å². The Kier molecular flexibility index (Phi) is 5.04. The maximum atomic E-state index is 12.0. The third-order valence-corrected chi connectivity index (χ3v) is 3.04. The molecule has 1 rings (SSSR count). The Morgan fingerprint density at radius 2 is 2.00 bits per heavy atom. The van der Waals surface area contributed by atoms with Gasteiger partial charge in [0.15, 0.2) is 0 Å². The minimum atomic E-state index is -1.19. The van der Waals surface area contributed by atoms with Crippen molar-refractivity contribution in [2.75, 3.05) is 0 Å². The first-order valence-corrected chi connectivity index (χ1v) is 6.10. The molecule has 0 aromatic heterocycles. The van der Waals surface area contributed by atoms with Crippen molar-refractivity contribution >= 4 is 29.2 Å². The van der Waals surface area contributed by atoms with Crippen molar-refractivity contribution in [2.24, 2.45) is 5.92 Å². The quantitative estimate of drug-likeness (QED) is 0.639. The van der Waals surface area contributed by atoms with Gasteiger partial charge < -0.3 is 10.4 Å². The van der Waals surface area contributed by atoms with Crippen molar-refractivity contribution in [2.45, 2.75) is 19.9 Å². The number of nitro groups is 1. The minimum absolute atomic E-state index is 0.132. The lowest BCUT2D eigenvalue weighted by atomic mass is 10.0. The molecular formula is C12H13ClN2O5. The third kappa shape index (κ3) is 3.45. The van der Waals surface area contributed by atoms with Crippen molar-refractivity contribution in [3.63, 3.8) is 0 Å². The average molecular weight is 301 g/mol. The second-order valence-electron chi connectivity index (χ2n) is 4.43. The van der Waals surface area contributed by atoms with Crippen LogP contribution in [0.15, 0.2) is 18.2 Å². The van der Waals surface area contributed by atoms with Gasteiger partial charge in [-0.15, -0.1) is 0 Å². The Balaban J connectivity index is 3.07. The summed E-state index contributed by atoms with van der Waals surface area (Å²) in [6.45, 7) is 3.27. The van der Waals surface area contributed by atoms with Crippen molar-refractivity contribution in [3.05, 3.63) is 38.9 Å². The standard InChI is InChI=1S/C12H13ClN2O5/c1-6(2)10(12(17)18)14-11(16)7-4-3-5-8(9(7)13)15(19)20/h3-6,10H,1-2H3,(H,14,16)(H,17,18). The highest BCUT2D eigenvalue weighted by molar-refractivity contribution is 6.35. The van der Waals surface area contributed by atoms with Crippen LogP contribution in [0.25, 0.3) is 0 Å². The number of hydrogen-bond donors (Lipinski definition) is 2. The molecule has 0 aliphatic carbocycles. The Hall–Kier alpha value is -2.15. The second kappa shape index (κ2) is 6.33. The van der Waals surface area contributed by atoms with Crippen LogP contribution in [0.1, 0.15) is 24.2 Å². The molecule has 1 unspecified atom stereocenters. The summed E-state index contributed by atoms with van der Waals surface area (Å²) in [5.41, 5.74) is -0.538. The second-order valence-corrected chi connectivity index (χ2v) is 4.81. The van der Waals surface area contributed by atoms with Crippen molar-refractivity contribution in [1.82, 2.24) is 5.32 Å². The van der Waals surface area contributed by atoms with Crippen LogP contribution < -0.4 is 5.32 Å². The van der Waals surface area contributed by atoms with Gasteiger partial charge in [-0.3, -0.25) is 14.9 Å². The zero-order chi connectivity index (χ0) is 15.4. The molecule has 7 nitrogen and oxygen atoms in total. The highest BCUT2D eigenvalue weighted by Crippen LogP contribution is 2.27. The molecule has 0 spiro atoms. The highest BCUT2D eigenvalue weighted by atomic mass is 35.5. The number of amides is 1. The van der Waals surface area contributed by atoms with E-state index in [1.807, 2.05) is 0 Å². The van der Waals surface area contributed by atoms with Gasteiger partial charge in [-0.05, 0) is 12.0 Å². The summed E-state index contributed by atoms with van der Waals surface area (Å²) >= 11 is 5.79. The van der Waals surface area contributed by atoms with Crippen LogP contribution in [0.4, 0.5) is 5.69 Å². The molecule has 0 saturated carbocycles. The lowest BCUT2D eigenvalue weighted by Gasteiger charge is -2.18. The van der Waals surface area contributed by atoms with Crippen LogP contribution in [0.5, 0.6) is 0 Å². The van der Waals surface area contributed by atoms with E-state index in [1.165, 1.54) is 12.1 Å². The molecule has 0 aliphatic rings. The molecule has 0 bridgehead atoms. The molecule has 1 amide bonds. The van der Waals surface area contributed by atoms with Crippen LogP contribution in [-0.4, -0.2) is 27.9 Å². The van der Waals surface area contributed by atoms with Crippen LogP contribution in [0.2, 0.25) is 5.02 Å². The van der Waals surface area contributed by atoms with Gasteiger partial charge in [0.1, 0.15) is 11.1 Å². The van der Waals surface area contributed by atoms with Crippen molar-refractivity contribution in [1.29, 1.82) is 0 Å². The van der Waals surface area contributed by atoms with Gasteiger partial charge in [-0.25, -0.2) is 4.79 Å². The predicted octanol–water partition coefficient (Wildman–Crippen LogP) is 2.09. The van der Waals surface area contributed by atoms with E-state index in [0.29, 0.717) is 0 Å². The van der Waals surface area contributed by atoms with Gasteiger partial charge >= 0.3 is 5.97 Å². The number of hydrogen-bond acceptors (Lipinski definition) is 4. The molecule has 0 radical (unpaired) electrons. The van der Waals surface area contributed by atoms with Crippen molar-refractivity contribution in [3.8, 4) is 0 Å². The van der Waals surface area contributed by atoms with Gasteiger partial charge in [0, 0.05) is 6.07 Å². The summed E-state index contributed by atoms with van der Waals surface area (Å²) in [6, 6.07) is 2.67. The molecule has 0 aliphatic heterocycles. The van der Waals surface area contributed by atoms with E-state index < -0.39 is 28.5 Å². The van der Waals surface area contributed by atoms with Crippen molar-refractivity contribution < 1.29 is 19.6 Å². The fourth-order valence-corrected chi connectivity index (χ4v) is 1.85. The number of halogens is 1. The van der Waals surface area contributed by atoms with E-state index in [0.717, 1.165) is 6.07 Å². The predicted molar refractivity (Wildman–Crippen MR) is 71.8 cm³/mol. The number of nitrogens with one attached hydrogen (secondary N) is 1. The van der Waals surface area contributed by atoms with E-state index in [-0.39, 0.29) is 16.5 Å². The first kappa shape index (κ1) is 15.9. The summed E-state index contributed by atoms with van der Waals surface area (Å²) in [6.07, 6.45) is 0. The van der Waals surface area contributed by atoms with Gasteiger partial charge in [0.05, 0.1) is 10.5 Å². The molecule has 8 heteroatoms. The smallest absolute Gasteiger partial charge is 0.326 e. The number of carbonyl (C=O) groups excluding carboxylic acids is 1. The lowest BCUT2D eigenvalue weighted by molar-refractivity contribution is -0.384. The summed E-state index contributed by atoms with van der Waals surface area (Å²) in [5, 5.41) is 21.7. The maximum Gasteiger partial charge on any atom is 0.326 e. The maximum absolute atomic E-state index is 12.0. The third-order valence-electron chi connectivity index (χ3n) is 2.64. The zero-order valence-electron chi connectivity index (χ0n) is 10.8. The summed E-state index contributed by atoms with van der Waals surface area (Å²) in [4.78, 5) is 33.0. The zero-order valence-corrected chi connectivity index (χ0v) is 11.5. The number of nitrogens with zero attached hydrogens (tertiary/aromatic N) is 1. The molecule has 0 fully saturated rings. The Morgan fingerprint density at radius 3 is 2.45 bits per heavy atom. The summed E-state index contributed by atoms with van der Waals surface area (Å²) in [5.74, 6) is -2.29. The highest BCUT2D eigenvalue weighted by Gasteiger charge is 2.26. The molecule has 1 atom stereocenters. The fourth-order valence-electron chi connectivity index (χ4n) is 1.57. The van der Waals surface area contributed by atoms with Crippen LogP contribution in [-0.2, 0) is 4.79 Å². The Bertz CT molecular complexity index is 559. The summed E-state index contributed by atoms with van der Waals surface area (Å²) < 4.78 is 0. The van der Waals surface area contributed by atoms with Gasteiger partial charge in [-0.2, -0.15) is 0 Å². The molecule has 2 N–H and O–H groups in total. The topological polar surface area (TPSA) is 110 Å². The van der Waals surface area contributed by atoms with Gasteiger partial charge in [0.25, 0.3) is 11.6 Å². The van der Waals surface area contributed by atoms with E-state index >= 15 is 0 Å². The monoisotopic (exact) mass is 300 g/mol. The number of carboxylic acid groups (broad SMARTS) is 1. The van der Waals surface area contributed by atoms with Gasteiger partial charge in [0.2, 0.25) is 0 Å². The van der Waals surface area contributed by atoms with E-state index in [2.05, 4.69) is 5.32 Å².